The molecule has 1 aromatic carbocycles. The van der Waals surface area contributed by atoms with Crippen molar-refractivity contribution in [1.29, 1.82) is 0 Å². The maximum absolute atomic E-state index is 12.7. The first-order valence-electron chi connectivity index (χ1n) is 8.50. The first-order valence-corrected chi connectivity index (χ1v) is 8.50. The normalized spacial score (nSPS) is 14.7. The van der Waals surface area contributed by atoms with E-state index in [1.54, 1.807) is 12.1 Å². The smallest absolute Gasteiger partial charge is 0.337 e. The van der Waals surface area contributed by atoms with Crippen LogP contribution in [0, 0.1) is 0 Å². The summed E-state index contributed by atoms with van der Waals surface area (Å²) < 4.78 is 0. The summed E-state index contributed by atoms with van der Waals surface area (Å²) in [6.45, 7) is 0. The van der Waals surface area contributed by atoms with Crippen LogP contribution < -0.4 is 10.6 Å². The van der Waals surface area contributed by atoms with Gasteiger partial charge in [0.1, 0.15) is 5.82 Å². The summed E-state index contributed by atoms with van der Waals surface area (Å²) in [5.74, 6) is -1.05. The molecule has 3 rings (SSSR count). The molecule has 0 radical (unpaired) electrons. The van der Waals surface area contributed by atoms with Crippen LogP contribution in [0.3, 0.4) is 0 Å². The first-order chi connectivity index (χ1) is 12.1. The molecular weight excluding hydrogens is 318 g/mol. The quantitative estimate of drug-likeness (QED) is 0.771. The minimum absolute atomic E-state index is 0.00703. The molecule has 1 aromatic heterocycles. The van der Waals surface area contributed by atoms with Crippen molar-refractivity contribution in [3.63, 3.8) is 0 Å². The third kappa shape index (κ3) is 4.35. The van der Waals surface area contributed by atoms with Crippen LogP contribution in [-0.2, 0) is 0 Å². The molecule has 1 fully saturated rings. The van der Waals surface area contributed by atoms with Gasteiger partial charge >= 0.3 is 5.97 Å². The zero-order valence-electron chi connectivity index (χ0n) is 13.9. The van der Waals surface area contributed by atoms with Crippen LogP contribution in [0.2, 0.25) is 0 Å². The van der Waals surface area contributed by atoms with E-state index in [4.69, 9.17) is 0 Å². The number of carbonyl (C=O) groups excluding carboxylic acids is 1. The number of carboxylic acids is 1. The van der Waals surface area contributed by atoms with E-state index in [-0.39, 0.29) is 23.1 Å². The number of pyridine rings is 1. The van der Waals surface area contributed by atoms with E-state index < -0.39 is 5.97 Å². The van der Waals surface area contributed by atoms with Crippen LogP contribution in [-0.4, -0.2) is 28.0 Å². The molecule has 1 aliphatic carbocycles. The van der Waals surface area contributed by atoms with Gasteiger partial charge in [-0.2, -0.15) is 0 Å². The number of aromatic nitrogens is 1. The lowest BCUT2D eigenvalue weighted by Gasteiger charge is -2.24. The van der Waals surface area contributed by atoms with Crippen LogP contribution >= 0.6 is 0 Å². The molecule has 6 heteroatoms. The number of para-hydroxylation sites is 1. The number of nitrogens with zero attached hydrogens (tertiary/aromatic N) is 1. The highest BCUT2D eigenvalue weighted by molar-refractivity contribution is 6.08. The van der Waals surface area contributed by atoms with Crippen molar-refractivity contribution in [2.24, 2.45) is 0 Å². The fraction of sp³-hybridized carbons (Fsp3) is 0.316. The average molecular weight is 339 g/mol. The molecule has 0 spiro atoms. The SMILES string of the molecule is O=C(O)c1cnc(NC2CCCCC2)c(C(=O)Nc2ccccc2)c1. The Morgan fingerprint density at radius 2 is 1.80 bits per heavy atom. The lowest BCUT2D eigenvalue weighted by Crippen LogP contribution is -2.25. The summed E-state index contributed by atoms with van der Waals surface area (Å²) in [4.78, 5) is 28.1. The Balaban J connectivity index is 1.86. The van der Waals surface area contributed by atoms with Crippen molar-refractivity contribution < 1.29 is 14.7 Å². The van der Waals surface area contributed by atoms with Gasteiger partial charge in [-0.25, -0.2) is 9.78 Å². The van der Waals surface area contributed by atoms with Crippen molar-refractivity contribution in [3.05, 3.63) is 53.7 Å². The van der Waals surface area contributed by atoms with Crippen molar-refractivity contribution in [2.75, 3.05) is 10.6 Å². The van der Waals surface area contributed by atoms with Gasteiger partial charge in [-0.3, -0.25) is 4.79 Å². The highest BCUT2D eigenvalue weighted by Crippen LogP contribution is 2.24. The van der Waals surface area contributed by atoms with E-state index in [1.165, 1.54) is 18.7 Å². The van der Waals surface area contributed by atoms with Gasteiger partial charge in [0.25, 0.3) is 5.91 Å². The van der Waals surface area contributed by atoms with Gasteiger partial charge in [-0.15, -0.1) is 0 Å². The topological polar surface area (TPSA) is 91.3 Å². The van der Waals surface area contributed by atoms with Gasteiger partial charge in [-0.1, -0.05) is 37.5 Å². The van der Waals surface area contributed by atoms with Gasteiger partial charge < -0.3 is 15.7 Å². The molecule has 0 bridgehead atoms. The number of aromatic carboxylic acids is 1. The van der Waals surface area contributed by atoms with Crippen molar-refractivity contribution in [3.8, 4) is 0 Å². The van der Waals surface area contributed by atoms with Crippen LogP contribution in [0.5, 0.6) is 0 Å². The lowest BCUT2D eigenvalue weighted by atomic mass is 9.95. The fourth-order valence-electron chi connectivity index (χ4n) is 3.03. The van der Waals surface area contributed by atoms with E-state index in [0.29, 0.717) is 11.5 Å². The molecule has 3 N–H and O–H groups in total. The number of anilines is 2. The summed E-state index contributed by atoms with van der Waals surface area (Å²) in [5, 5.41) is 15.3. The molecule has 0 atom stereocenters. The predicted octanol–water partition coefficient (Wildman–Crippen LogP) is 3.78. The molecule has 130 valence electrons. The van der Waals surface area contributed by atoms with Gasteiger partial charge in [-0.05, 0) is 31.0 Å². The van der Waals surface area contributed by atoms with Crippen molar-refractivity contribution in [2.45, 2.75) is 38.1 Å². The lowest BCUT2D eigenvalue weighted by molar-refractivity contribution is 0.0696. The fourth-order valence-corrected chi connectivity index (χ4v) is 3.03. The van der Waals surface area contributed by atoms with E-state index in [0.717, 1.165) is 25.7 Å². The van der Waals surface area contributed by atoms with E-state index in [1.807, 2.05) is 18.2 Å². The zero-order chi connectivity index (χ0) is 17.6. The van der Waals surface area contributed by atoms with E-state index in [9.17, 15) is 14.7 Å². The maximum atomic E-state index is 12.7. The molecular formula is C19H21N3O3. The van der Waals surface area contributed by atoms with Gasteiger partial charge in [0, 0.05) is 17.9 Å². The highest BCUT2D eigenvalue weighted by Gasteiger charge is 2.20. The average Bonchev–Trinajstić information content (AvgIpc) is 2.63. The molecule has 25 heavy (non-hydrogen) atoms. The molecule has 1 amide bonds. The molecule has 1 heterocycles. The van der Waals surface area contributed by atoms with Crippen molar-refractivity contribution in [1.82, 2.24) is 4.98 Å². The summed E-state index contributed by atoms with van der Waals surface area (Å²) >= 11 is 0. The number of benzene rings is 1. The maximum Gasteiger partial charge on any atom is 0.337 e. The van der Waals surface area contributed by atoms with Gasteiger partial charge in [0.15, 0.2) is 0 Å². The standard InChI is InChI=1S/C19H21N3O3/c23-18(22-15-9-5-2-6-10-15)16-11-13(19(24)25)12-20-17(16)21-14-7-3-1-4-8-14/h2,5-6,9-12,14H,1,3-4,7-8H2,(H,20,21)(H,22,23)(H,24,25). The largest absolute Gasteiger partial charge is 0.478 e. The minimum atomic E-state index is -1.11. The Morgan fingerprint density at radius 1 is 1.08 bits per heavy atom. The Kier molecular flexibility index (Phi) is 5.28. The Labute approximate surface area is 146 Å². The number of carboxylic acid groups (broad SMARTS) is 1. The number of amides is 1. The summed E-state index contributed by atoms with van der Waals surface area (Å²) in [6, 6.07) is 10.7. The number of hydrogen-bond donors (Lipinski definition) is 3. The molecule has 2 aromatic rings. The summed E-state index contributed by atoms with van der Waals surface area (Å²) in [7, 11) is 0. The number of rotatable bonds is 5. The molecule has 0 unspecified atom stereocenters. The Morgan fingerprint density at radius 3 is 2.48 bits per heavy atom. The number of nitrogens with one attached hydrogen (secondary N) is 2. The second-order valence-electron chi connectivity index (χ2n) is 6.22. The van der Waals surface area contributed by atoms with Crippen LogP contribution in [0.4, 0.5) is 11.5 Å². The number of carbonyl (C=O) groups is 2. The molecule has 1 aliphatic rings. The zero-order valence-corrected chi connectivity index (χ0v) is 13.9. The van der Waals surface area contributed by atoms with Crippen LogP contribution in [0.15, 0.2) is 42.6 Å². The van der Waals surface area contributed by atoms with Crippen LogP contribution in [0.1, 0.15) is 52.8 Å². The third-order valence-corrected chi connectivity index (χ3v) is 4.36. The summed E-state index contributed by atoms with van der Waals surface area (Å²) in [5.41, 5.74) is 0.888. The molecule has 0 saturated heterocycles. The predicted molar refractivity (Wildman–Crippen MR) is 96.1 cm³/mol. The van der Waals surface area contributed by atoms with Crippen molar-refractivity contribution >= 4 is 23.4 Å². The summed E-state index contributed by atoms with van der Waals surface area (Å²) in [6.07, 6.45) is 6.87. The minimum Gasteiger partial charge on any atom is -0.478 e. The second kappa shape index (κ2) is 7.79. The Bertz CT molecular complexity index is 756. The molecule has 6 nitrogen and oxygen atoms in total. The van der Waals surface area contributed by atoms with E-state index in [2.05, 4.69) is 15.6 Å². The third-order valence-electron chi connectivity index (χ3n) is 4.36. The first kappa shape index (κ1) is 17.0. The molecule has 0 aliphatic heterocycles. The van der Waals surface area contributed by atoms with E-state index >= 15 is 0 Å². The van der Waals surface area contributed by atoms with Gasteiger partial charge in [0.05, 0.1) is 11.1 Å². The molecule has 1 saturated carbocycles. The number of hydrogen-bond acceptors (Lipinski definition) is 4. The van der Waals surface area contributed by atoms with Gasteiger partial charge in [0.2, 0.25) is 0 Å². The second-order valence-corrected chi connectivity index (χ2v) is 6.22. The Hall–Kier alpha value is -2.89. The monoisotopic (exact) mass is 339 g/mol. The van der Waals surface area contributed by atoms with Crippen LogP contribution in [0.25, 0.3) is 0 Å². The highest BCUT2D eigenvalue weighted by atomic mass is 16.4.